The summed E-state index contributed by atoms with van der Waals surface area (Å²) in [5, 5.41) is 18.6. The number of aryl methyl sites for hydroxylation is 1. The first-order chi connectivity index (χ1) is 9.58. The first kappa shape index (κ1) is 12.6. The van der Waals surface area contributed by atoms with Gasteiger partial charge in [0.25, 0.3) is 0 Å². The summed E-state index contributed by atoms with van der Waals surface area (Å²) >= 11 is 0. The zero-order valence-corrected chi connectivity index (χ0v) is 10.8. The third kappa shape index (κ3) is 1.92. The summed E-state index contributed by atoms with van der Waals surface area (Å²) in [5.41, 5.74) is 0.0758. The average molecular weight is 278 g/mol. The highest BCUT2D eigenvalue weighted by molar-refractivity contribution is 5.78. The van der Waals surface area contributed by atoms with Crippen molar-refractivity contribution < 1.29 is 9.90 Å². The maximum absolute atomic E-state index is 11.5. The fraction of sp³-hybridized carbons (Fsp3) is 0.455. The van der Waals surface area contributed by atoms with Crippen molar-refractivity contribution in [1.82, 2.24) is 24.9 Å². The molecule has 106 valence electrons. The number of fused-ring (bicyclic) bond motifs is 1. The van der Waals surface area contributed by atoms with Gasteiger partial charge in [-0.2, -0.15) is 5.10 Å². The van der Waals surface area contributed by atoms with E-state index in [1.807, 2.05) is 0 Å². The predicted octanol–water partition coefficient (Wildman–Crippen LogP) is -1.41. The Bertz CT molecular complexity index is 721. The van der Waals surface area contributed by atoms with Crippen LogP contribution in [0.5, 0.6) is 0 Å². The van der Waals surface area contributed by atoms with Gasteiger partial charge in [0.2, 0.25) is 0 Å². The molecule has 2 aromatic heterocycles. The second-order valence-electron chi connectivity index (χ2n) is 4.64. The number of aliphatic carboxylic acids is 1. The van der Waals surface area contributed by atoms with Crippen LogP contribution in [0.2, 0.25) is 0 Å². The largest absolute Gasteiger partial charge is 0.480 e. The highest BCUT2D eigenvalue weighted by Crippen LogP contribution is 2.18. The van der Waals surface area contributed by atoms with E-state index in [9.17, 15) is 14.7 Å². The van der Waals surface area contributed by atoms with Gasteiger partial charge < -0.3 is 15.3 Å². The van der Waals surface area contributed by atoms with Crippen LogP contribution in [-0.2, 0) is 4.79 Å². The molecule has 1 saturated heterocycles. The molecule has 0 amide bonds. The molecule has 9 heteroatoms. The van der Waals surface area contributed by atoms with Crippen LogP contribution in [0.25, 0.3) is 5.65 Å². The van der Waals surface area contributed by atoms with Crippen molar-refractivity contribution in [2.24, 2.45) is 0 Å². The van der Waals surface area contributed by atoms with Crippen LogP contribution in [0.3, 0.4) is 0 Å². The summed E-state index contributed by atoms with van der Waals surface area (Å²) < 4.78 is 1.35. The topological polar surface area (TPSA) is 116 Å². The summed E-state index contributed by atoms with van der Waals surface area (Å²) in [4.78, 5) is 28.9. The Hall–Kier alpha value is -2.42. The van der Waals surface area contributed by atoms with Crippen LogP contribution in [0.1, 0.15) is 5.82 Å². The molecule has 1 atom stereocenters. The highest BCUT2D eigenvalue weighted by atomic mass is 16.4. The van der Waals surface area contributed by atoms with Crippen LogP contribution in [0.15, 0.2) is 10.9 Å². The normalized spacial score (nSPS) is 19.4. The van der Waals surface area contributed by atoms with Crippen molar-refractivity contribution in [1.29, 1.82) is 0 Å². The van der Waals surface area contributed by atoms with E-state index in [0.29, 0.717) is 36.9 Å². The maximum Gasteiger partial charge on any atom is 0.349 e. The SMILES string of the molecule is Cc1nc(N2CCNCC2C(=O)O)cc2n[nH]c(=O)n12. The van der Waals surface area contributed by atoms with Crippen molar-refractivity contribution >= 4 is 17.4 Å². The number of aromatic amines is 1. The Kier molecular flexibility index (Phi) is 2.90. The molecule has 0 aliphatic carbocycles. The molecule has 20 heavy (non-hydrogen) atoms. The van der Waals surface area contributed by atoms with E-state index in [0.717, 1.165) is 0 Å². The minimum absolute atomic E-state index is 0.355. The number of aromatic nitrogens is 4. The number of rotatable bonds is 2. The van der Waals surface area contributed by atoms with Crippen molar-refractivity contribution in [3.8, 4) is 0 Å². The number of hydrogen-bond donors (Lipinski definition) is 3. The van der Waals surface area contributed by atoms with E-state index < -0.39 is 12.0 Å². The Morgan fingerprint density at radius 2 is 2.35 bits per heavy atom. The lowest BCUT2D eigenvalue weighted by Crippen LogP contribution is -2.55. The van der Waals surface area contributed by atoms with E-state index in [4.69, 9.17) is 0 Å². The first-order valence-electron chi connectivity index (χ1n) is 6.23. The van der Waals surface area contributed by atoms with Gasteiger partial charge in [0, 0.05) is 25.7 Å². The van der Waals surface area contributed by atoms with E-state index >= 15 is 0 Å². The van der Waals surface area contributed by atoms with Gasteiger partial charge in [0.15, 0.2) is 5.65 Å². The molecule has 0 aromatic carbocycles. The summed E-state index contributed by atoms with van der Waals surface area (Å²) in [6.07, 6.45) is 0. The number of piperazine rings is 1. The first-order valence-corrected chi connectivity index (χ1v) is 6.23. The van der Waals surface area contributed by atoms with Crippen LogP contribution in [0.4, 0.5) is 5.82 Å². The van der Waals surface area contributed by atoms with Gasteiger partial charge in [-0.15, -0.1) is 0 Å². The average Bonchev–Trinajstić information content (AvgIpc) is 2.80. The molecule has 1 aliphatic heterocycles. The molecule has 0 radical (unpaired) electrons. The molecule has 0 bridgehead atoms. The van der Waals surface area contributed by atoms with Crippen molar-refractivity contribution in [3.63, 3.8) is 0 Å². The van der Waals surface area contributed by atoms with E-state index in [-0.39, 0.29) is 5.69 Å². The van der Waals surface area contributed by atoms with Crippen LogP contribution < -0.4 is 15.9 Å². The second-order valence-corrected chi connectivity index (χ2v) is 4.64. The number of carboxylic acid groups (broad SMARTS) is 1. The standard InChI is InChI=1S/C11H14N6O3/c1-6-13-8(4-9-14-15-11(20)17(6)9)16-3-2-12-5-7(16)10(18)19/h4,7,12H,2-3,5H2,1H3,(H,15,20)(H,18,19). The summed E-state index contributed by atoms with van der Waals surface area (Å²) in [5.74, 6) is 0.0813. The minimum Gasteiger partial charge on any atom is -0.480 e. The molecule has 3 rings (SSSR count). The number of hydrogen-bond acceptors (Lipinski definition) is 6. The number of carboxylic acids is 1. The predicted molar refractivity (Wildman–Crippen MR) is 70.0 cm³/mol. The Morgan fingerprint density at radius 3 is 3.10 bits per heavy atom. The van der Waals surface area contributed by atoms with Crippen molar-refractivity contribution in [2.75, 3.05) is 24.5 Å². The van der Waals surface area contributed by atoms with Gasteiger partial charge >= 0.3 is 11.7 Å². The maximum atomic E-state index is 11.5. The summed E-state index contributed by atoms with van der Waals surface area (Å²) in [7, 11) is 0. The van der Waals surface area contributed by atoms with Gasteiger partial charge in [-0.25, -0.2) is 24.1 Å². The van der Waals surface area contributed by atoms with Gasteiger partial charge in [0.1, 0.15) is 17.7 Å². The smallest absolute Gasteiger partial charge is 0.349 e. The molecule has 0 spiro atoms. The third-order valence-corrected chi connectivity index (χ3v) is 3.38. The van der Waals surface area contributed by atoms with Crippen molar-refractivity contribution in [3.05, 3.63) is 22.4 Å². The summed E-state index contributed by atoms with van der Waals surface area (Å²) in [6.45, 7) is 3.26. The fourth-order valence-corrected chi connectivity index (χ4v) is 2.43. The molecule has 3 N–H and O–H groups in total. The van der Waals surface area contributed by atoms with Gasteiger partial charge in [-0.05, 0) is 6.92 Å². The Labute approximate surface area is 113 Å². The van der Waals surface area contributed by atoms with E-state index in [1.54, 1.807) is 17.9 Å². The van der Waals surface area contributed by atoms with E-state index in [2.05, 4.69) is 20.5 Å². The summed E-state index contributed by atoms with van der Waals surface area (Å²) in [6, 6.07) is 0.940. The zero-order valence-electron chi connectivity index (χ0n) is 10.8. The number of anilines is 1. The van der Waals surface area contributed by atoms with Gasteiger partial charge in [0.05, 0.1) is 0 Å². The molecule has 2 aromatic rings. The van der Waals surface area contributed by atoms with Crippen molar-refractivity contribution in [2.45, 2.75) is 13.0 Å². The number of H-pyrrole nitrogens is 1. The van der Waals surface area contributed by atoms with Gasteiger partial charge in [-0.1, -0.05) is 0 Å². The zero-order chi connectivity index (χ0) is 14.3. The molecule has 1 fully saturated rings. The minimum atomic E-state index is -0.907. The second kappa shape index (κ2) is 4.60. The highest BCUT2D eigenvalue weighted by Gasteiger charge is 2.29. The number of nitrogens with zero attached hydrogens (tertiary/aromatic N) is 4. The lowest BCUT2D eigenvalue weighted by molar-refractivity contribution is -0.138. The van der Waals surface area contributed by atoms with Crippen LogP contribution in [0, 0.1) is 6.92 Å². The molecule has 9 nitrogen and oxygen atoms in total. The monoisotopic (exact) mass is 278 g/mol. The lowest BCUT2D eigenvalue weighted by Gasteiger charge is -2.34. The number of carbonyl (C=O) groups is 1. The number of nitrogens with one attached hydrogen (secondary N) is 2. The van der Waals surface area contributed by atoms with Crippen LogP contribution in [-0.4, -0.2) is 56.3 Å². The van der Waals surface area contributed by atoms with Crippen LogP contribution >= 0.6 is 0 Å². The molecule has 1 unspecified atom stereocenters. The molecule has 1 aliphatic rings. The molecular formula is C11H14N6O3. The quantitative estimate of drug-likeness (QED) is 0.618. The fourth-order valence-electron chi connectivity index (χ4n) is 2.43. The Morgan fingerprint density at radius 1 is 1.55 bits per heavy atom. The molecule has 3 heterocycles. The lowest BCUT2D eigenvalue weighted by atomic mass is 10.2. The third-order valence-electron chi connectivity index (χ3n) is 3.38. The van der Waals surface area contributed by atoms with Gasteiger partial charge in [-0.3, -0.25) is 0 Å². The van der Waals surface area contributed by atoms with E-state index in [1.165, 1.54) is 4.40 Å². The molecular weight excluding hydrogens is 264 g/mol. The molecule has 0 saturated carbocycles. The Balaban J connectivity index is 2.08.